The molecule has 0 N–H and O–H groups in total. The first-order chi connectivity index (χ1) is 20.5. The normalized spacial score (nSPS) is 11.1. The van der Waals surface area contributed by atoms with Crippen LogP contribution in [0.3, 0.4) is 0 Å². The lowest BCUT2D eigenvalue weighted by Crippen LogP contribution is -3.00. The first-order valence-corrected chi connectivity index (χ1v) is 20.0. The number of allylic oxidation sites excluding steroid dienone is 4. The predicted octanol–water partition coefficient (Wildman–Crippen LogP) is 3.82. The third-order valence-corrected chi connectivity index (χ3v) is 17.4. The van der Waals surface area contributed by atoms with Gasteiger partial charge in [0.1, 0.15) is 0 Å². The van der Waals surface area contributed by atoms with Crippen LogP contribution < -0.4 is 46.0 Å². The summed E-state index contributed by atoms with van der Waals surface area (Å²) in [7, 11) is -3.06. The Morgan fingerprint density at radius 1 is 0.409 bits per heavy atom. The largest absolute Gasteiger partial charge is 1.00 e. The summed E-state index contributed by atoms with van der Waals surface area (Å²) in [6.07, 6.45) is 15.0. The number of hydrogen-bond acceptors (Lipinski definition) is 0. The Labute approximate surface area is 282 Å². The van der Waals surface area contributed by atoms with E-state index < -0.39 is 14.5 Å². The summed E-state index contributed by atoms with van der Waals surface area (Å²) < 4.78 is 0. The van der Waals surface area contributed by atoms with Gasteiger partial charge in [0, 0.05) is 0 Å². The molecule has 0 saturated carbocycles. The minimum atomic E-state index is -1.53. The summed E-state index contributed by atoms with van der Waals surface area (Å²) in [6, 6.07) is 45.6. The van der Waals surface area contributed by atoms with Crippen LogP contribution in [0.2, 0.25) is 0 Å². The van der Waals surface area contributed by atoms with E-state index in [2.05, 4.69) is 161 Å². The molecule has 4 aromatic carbocycles. The Kier molecular flexibility index (Phi) is 16.7. The van der Waals surface area contributed by atoms with Gasteiger partial charge in [-0.15, -0.1) is 0 Å². The fourth-order valence-electron chi connectivity index (χ4n) is 6.07. The molecule has 0 radical (unpaired) electrons. The van der Waals surface area contributed by atoms with Gasteiger partial charge in [-0.25, -0.2) is 0 Å². The van der Waals surface area contributed by atoms with Crippen molar-refractivity contribution < 1.29 is 24.8 Å². The third kappa shape index (κ3) is 10.2. The molecular formula is C40H50Cl2P2. The van der Waals surface area contributed by atoms with Crippen LogP contribution in [0.4, 0.5) is 0 Å². The first-order valence-electron chi connectivity index (χ1n) is 15.7. The molecule has 44 heavy (non-hydrogen) atoms. The molecule has 0 fully saturated rings. The van der Waals surface area contributed by atoms with Crippen molar-refractivity contribution in [2.24, 2.45) is 0 Å². The highest BCUT2D eigenvalue weighted by molar-refractivity contribution is 7.90. The molecule has 0 aliphatic heterocycles. The van der Waals surface area contributed by atoms with Gasteiger partial charge in [-0.2, -0.15) is 0 Å². The SMILES string of the molecule is CC(C)=CC[P+](CCCCCC[P+](CC=C(C)C)(c1ccccc1)c1ccccc1)(c1ccccc1)c1ccccc1.[Cl-].[Cl-]. The summed E-state index contributed by atoms with van der Waals surface area (Å²) >= 11 is 0. The molecular weight excluding hydrogens is 613 g/mol. The summed E-state index contributed by atoms with van der Waals surface area (Å²) in [5, 5.41) is 6.20. The molecule has 4 heteroatoms. The first kappa shape index (κ1) is 38.0. The minimum absolute atomic E-state index is 0. The van der Waals surface area contributed by atoms with Crippen molar-refractivity contribution in [3.63, 3.8) is 0 Å². The van der Waals surface area contributed by atoms with E-state index in [9.17, 15) is 0 Å². The second-order valence-corrected chi connectivity index (χ2v) is 19.6. The van der Waals surface area contributed by atoms with Crippen molar-refractivity contribution in [3.8, 4) is 0 Å². The quantitative estimate of drug-likeness (QED) is 0.103. The predicted molar refractivity (Wildman–Crippen MR) is 195 cm³/mol. The average Bonchev–Trinajstić information content (AvgIpc) is 3.03. The van der Waals surface area contributed by atoms with Gasteiger partial charge in [-0.3, -0.25) is 0 Å². The van der Waals surface area contributed by atoms with Gasteiger partial charge in [-0.05, 0) is 114 Å². The molecule has 4 aromatic rings. The van der Waals surface area contributed by atoms with Crippen LogP contribution in [0.1, 0.15) is 53.4 Å². The number of unbranched alkanes of at least 4 members (excludes halogenated alkanes) is 3. The van der Waals surface area contributed by atoms with E-state index in [0.29, 0.717) is 0 Å². The smallest absolute Gasteiger partial charge is 0.0995 e. The standard InChI is InChI=1S/C40H50P2.2ClH/c1-35(2)29-33-41(37-21-11-7-12-22-37,38-23-13-8-14-24-38)31-19-5-6-20-32-42(34-30-36(3)4,39-25-15-9-16-26-39)40-27-17-10-18-28-40;;/h7-18,21-30H,5-6,19-20,31-34H2,1-4H3;2*1H/q+2;;/p-2. The monoisotopic (exact) mass is 662 g/mol. The second-order valence-electron chi connectivity index (χ2n) is 12.1. The lowest BCUT2D eigenvalue weighted by molar-refractivity contribution is -0.00100. The van der Waals surface area contributed by atoms with Crippen LogP contribution in [-0.4, -0.2) is 24.6 Å². The molecule has 0 aliphatic carbocycles. The molecule has 4 rings (SSSR count). The highest BCUT2D eigenvalue weighted by Gasteiger charge is 2.42. The van der Waals surface area contributed by atoms with Crippen LogP contribution in [0.5, 0.6) is 0 Å². The zero-order valence-corrected chi connectivity index (χ0v) is 30.3. The number of halogens is 2. The van der Waals surface area contributed by atoms with E-state index in [1.54, 1.807) is 21.2 Å². The van der Waals surface area contributed by atoms with Crippen molar-refractivity contribution >= 4 is 35.7 Å². The molecule has 0 nitrogen and oxygen atoms in total. The van der Waals surface area contributed by atoms with Gasteiger partial charge in [0.05, 0.1) is 60.4 Å². The zero-order valence-electron chi connectivity index (χ0n) is 27.0. The Hall–Kier alpha value is -2.20. The van der Waals surface area contributed by atoms with E-state index in [1.165, 1.54) is 49.2 Å². The van der Waals surface area contributed by atoms with Gasteiger partial charge < -0.3 is 24.8 Å². The molecule has 0 aromatic heterocycles. The molecule has 0 unspecified atom stereocenters. The lowest BCUT2D eigenvalue weighted by Gasteiger charge is -2.28. The van der Waals surface area contributed by atoms with E-state index in [-0.39, 0.29) is 24.8 Å². The molecule has 0 amide bonds. The highest BCUT2D eigenvalue weighted by atomic mass is 35.5. The van der Waals surface area contributed by atoms with Crippen molar-refractivity contribution in [1.29, 1.82) is 0 Å². The van der Waals surface area contributed by atoms with E-state index in [1.807, 2.05) is 0 Å². The van der Waals surface area contributed by atoms with Gasteiger partial charge in [0.15, 0.2) is 0 Å². The molecule has 0 saturated heterocycles. The Morgan fingerprint density at radius 2 is 0.659 bits per heavy atom. The van der Waals surface area contributed by atoms with Crippen molar-refractivity contribution in [3.05, 3.63) is 145 Å². The van der Waals surface area contributed by atoms with Gasteiger partial charge in [-0.1, -0.05) is 83.9 Å². The molecule has 0 aliphatic rings. The van der Waals surface area contributed by atoms with Gasteiger partial charge in [0.2, 0.25) is 0 Å². The van der Waals surface area contributed by atoms with Crippen LogP contribution in [0.15, 0.2) is 145 Å². The number of rotatable bonds is 15. The van der Waals surface area contributed by atoms with Crippen LogP contribution >= 0.6 is 14.5 Å². The highest BCUT2D eigenvalue weighted by Crippen LogP contribution is 2.58. The molecule has 234 valence electrons. The maximum absolute atomic E-state index is 2.50. The fourth-order valence-corrected chi connectivity index (χ4v) is 14.8. The molecule has 0 spiro atoms. The maximum Gasteiger partial charge on any atom is 0.0995 e. The third-order valence-electron chi connectivity index (χ3n) is 8.45. The summed E-state index contributed by atoms with van der Waals surface area (Å²) in [6.45, 7) is 8.98. The topological polar surface area (TPSA) is 0 Å². The van der Waals surface area contributed by atoms with E-state index in [0.717, 1.165) is 12.3 Å². The van der Waals surface area contributed by atoms with Crippen LogP contribution in [0, 0.1) is 0 Å². The summed E-state index contributed by atoms with van der Waals surface area (Å²) in [5.74, 6) is 0. The Morgan fingerprint density at radius 3 is 0.886 bits per heavy atom. The van der Waals surface area contributed by atoms with Crippen molar-refractivity contribution in [2.45, 2.75) is 53.4 Å². The molecule has 0 bridgehead atoms. The minimum Gasteiger partial charge on any atom is -1.00 e. The second kappa shape index (κ2) is 19.3. The Bertz CT molecular complexity index is 1200. The van der Waals surface area contributed by atoms with Gasteiger partial charge in [0.25, 0.3) is 0 Å². The average molecular weight is 664 g/mol. The van der Waals surface area contributed by atoms with Crippen molar-refractivity contribution in [1.82, 2.24) is 0 Å². The van der Waals surface area contributed by atoms with Crippen molar-refractivity contribution in [2.75, 3.05) is 24.6 Å². The van der Waals surface area contributed by atoms with Crippen LogP contribution in [-0.2, 0) is 0 Å². The zero-order chi connectivity index (χ0) is 29.7. The maximum atomic E-state index is 2.50. The van der Waals surface area contributed by atoms with Gasteiger partial charge >= 0.3 is 0 Å². The number of hydrogen-bond donors (Lipinski definition) is 0. The van der Waals surface area contributed by atoms with Crippen LogP contribution in [0.25, 0.3) is 0 Å². The summed E-state index contributed by atoms with van der Waals surface area (Å²) in [4.78, 5) is 0. The lowest BCUT2D eigenvalue weighted by atomic mass is 10.2. The summed E-state index contributed by atoms with van der Waals surface area (Å²) in [5.41, 5.74) is 2.84. The molecule has 0 heterocycles. The Balaban J connectivity index is 0.00000337. The van der Waals surface area contributed by atoms with E-state index in [4.69, 9.17) is 0 Å². The molecule has 0 atom stereocenters. The number of benzene rings is 4. The van der Waals surface area contributed by atoms with E-state index >= 15 is 0 Å². The fraction of sp³-hybridized carbons (Fsp3) is 0.300.